The molecule has 0 unspecified atom stereocenters. The topological polar surface area (TPSA) is 61.2 Å². The lowest BCUT2D eigenvalue weighted by molar-refractivity contribution is 0.0479. The van der Waals surface area contributed by atoms with Crippen LogP contribution in [0.5, 0.6) is 0 Å². The minimum Gasteiger partial charge on any atom is -0.453 e. The standard InChI is InChI=1S/C21H16N2O3S/c1-14-17-12-19(21(25)26-13-18(24)15-8-4-2-5-9-15)27-20(17)23(22-14)16-10-6-3-7-11-16/h2-12H,13H2,1H3. The van der Waals surface area contributed by atoms with Crippen molar-refractivity contribution >= 4 is 33.3 Å². The number of benzene rings is 2. The van der Waals surface area contributed by atoms with Crippen molar-refractivity contribution in [2.45, 2.75) is 6.92 Å². The largest absolute Gasteiger partial charge is 0.453 e. The van der Waals surface area contributed by atoms with Crippen LogP contribution < -0.4 is 0 Å². The van der Waals surface area contributed by atoms with E-state index in [4.69, 9.17) is 4.74 Å². The van der Waals surface area contributed by atoms with Crippen LogP contribution in [-0.2, 0) is 4.74 Å². The summed E-state index contributed by atoms with van der Waals surface area (Å²) in [4.78, 5) is 25.9. The summed E-state index contributed by atoms with van der Waals surface area (Å²) in [7, 11) is 0. The Morgan fingerprint density at radius 3 is 2.41 bits per heavy atom. The minimum atomic E-state index is -0.500. The van der Waals surface area contributed by atoms with Crippen LogP contribution in [-0.4, -0.2) is 28.1 Å². The zero-order chi connectivity index (χ0) is 18.8. The zero-order valence-corrected chi connectivity index (χ0v) is 15.4. The molecular formula is C21H16N2O3S. The van der Waals surface area contributed by atoms with Crippen molar-refractivity contribution in [1.29, 1.82) is 0 Å². The minimum absolute atomic E-state index is 0.225. The molecule has 2 heterocycles. The lowest BCUT2D eigenvalue weighted by Gasteiger charge is -2.03. The van der Waals surface area contributed by atoms with Gasteiger partial charge in [0.1, 0.15) is 9.71 Å². The van der Waals surface area contributed by atoms with Crippen LogP contribution in [0, 0.1) is 6.92 Å². The highest BCUT2D eigenvalue weighted by Crippen LogP contribution is 2.30. The SMILES string of the molecule is Cc1nn(-c2ccccc2)c2sc(C(=O)OCC(=O)c3ccccc3)cc12. The number of carbonyl (C=O) groups is 2. The molecule has 0 saturated heterocycles. The predicted octanol–water partition coefficient (Wildman–Crippen LogP) is 4.44. The first-order valence-corrected chi connectivity index (χ1v) is 9.25. The first-order chi connectivity index (χ1) is 13.1. The van der Waals surface area contributed by atoms with Gasteiger partial charge in [0, 0.05) is 10.9 Å². The highest BCUT2D eigenvalue weighted by molar-refractivity contribution is 7.20. The van der Waals surface area contributed by atoms with Gasteiger partial charge in [-0.1, -0.05) is 48.5 Å². The molecule has 5 nitrogen and oxygen atoms in total. The van der Waals surface area contributed by atoms with Gasteiger partial charge in [-0.05, 0) is 25.1 Å². The Balaban J connectivity index is 1.55. The van der Waals surface area contributed by atoms with E-state index in [0.717, 1.165) is 21.6 Å². The fraction of sp³-hybridized carbons (Fsp3) is 0.0952. The number of thiophene rings is 1. The van der Waals surface area contributed by atoms with Crippen LogP contribution >= 0.6 is 11.3 Å². The van der Waals surface area contributed by atoms with Gasteiger partial charge in [0.05, 0.1) is 11.4 Å². The summed E-state index contributed by atoms with van der Waals surface area (Å²) in [6, 6.07) is 20.3. The number of hydrogen-bond donors (Lipinski definition) is 0. The molecule has 0 atom stereocenters. The first kappa shape index (κ1) is 17.2. The molecule has 0 fully saturated rings. The summed E-state index contributed by atoms with van der Waals surface area (Å²) in [6.45, 7) is 1.63. The summed E-state index contributed by atoms with van der Waals surface area (Å²) in [5.41, 5.74) is 2.29. The summed E-state index contributed by atoms with van der Waals surface area (Å²) in [5.74, 6) is -0.726. The van der Waals surface area contributed by atoms with Crippen LogP contribution in [0.2, 0.25) is 0 Å². The molecule has 0 aliphatic heterocycles. The van der Waals surface area contributed by atoms with Gasteiger partial charge >= 0.3 is 5.97 Å². The van der Waals surface area contributed by atoms with Crippen molar-refractivity contribution in [1.82, 2.24) is 9.78 Å². The second kappa shape index (κ2) is 7.17. The van der Waals surface area contributed by atoms with Crippen LogP contribution in [0.1, 0.15) is 25.7 Å². The number of para-hydroxylation sites is 1. The van der Waals surface area contributed by atoms with Crippen LogP contribution in [0.25, 0.3) is 15.9 Å². The number of ether oxygens (including phenoxy) is 1. The lowest BCUT2D eigenvalue weighted by atomic mass is 10.1. The van der Waals surface area contributed by atoms with Gasteiger partial charge in [-0.15, -0.1) is 11.3 Å². The van der Waals surface area contributed by atoms with Gasteiger partial charge in [-0.25, -0.2) is 9.48 Å². The van der Waals surface area contributed by atoms with E-state index >= 15 is 0 Å². The second-order valence-electron chi connectivity index (χ2n) is 6.03. The smallest absolute Gasteiger partial charge is 0.348 e. The molecular weight excluding hydrogens is 360 g/mol. The molecule has 134 valence electrons. The maximum Gasteiger partial charge on any atom is 0.348 e. The molecule has 4 rings (SSSR count). The molecule has 27 heavy (non-hydrogen) atoms. The average molecular weight is 376 g/mol. The van der Waals surface area contributed by atoms with E-state index in [1.807, 2.05) is 48.0 Å². The van der Waals surface area contributed by atoms with Gasteiger partial charge in [0.2, 0.25) is 0 Å². The summed E-state index contributed by atoms with van der Waals surface area (Å²) in [6.07, 6.45) is 0. The first-order valence-electron chi connectivity index (χ1n) is 8.43. The Morgan fingerprint density at radius 1 is 1.04 bits per heavy atom. The highest BCUT2D eigenvalue weighted by Gasteiger charge is 2.19. The summed E-state index contributed by atoms with van der Waals surface area (Å²) >= 11 is 1.31. The molecule has 0 aliphatic rings. The number of Topliss-reactive ketones (excluding diaryl/α,β-unsaturated/α-hetero) is 1. The molecule has 0 N–H and O–H groups in total. The van der Waals surface area contributed by atoms with E-state index in [2.05, 4.69) is 5.10 Å². The predicted molar refractivity (Wildman–Crippen MR) is 105 cm³/mol. The third-order valence-electron chi connectivity index (χ3n) is 4.18. The van der Waals surface area contributed by atoms with Crippen LogP contribution in [0.3, 0.4) is 0 Å². The molecule has 4 aromatic rings. The molecule has 6 heteroatoms. The number of aryl methyl sites for hydroxylation is 1. The molecule has 0 bridgehead atoms. The number of ketones is 1. The van der Waals surface area contributed by atoms with E-state index in [1.165, 1.54) is 11.3 Å². The molecule has 0 saturated carbocycles. The highest BCUT2D eigenvalue weighted by atomic mass is 32.1. The fourth-order valence-electron chi connectivity index (χ4n) is 2.80. The van der Waals surface area contributed by atoms with Crippen LogP contribution in [0.15, 0.2) is 66.7 Å². The Labute approximate surface area is 159 Å². The van der Waals surface area contributed by atoms with E-state index in [0.29, 0.717) is 10.4 Å². The van der Waals surface area contributed by atoms with Gasteiger partial charge in [0.25, 0.3) is 0 Å². The third-order valence-corrected chi connectivity index (χ3v) is 5.27. The van der Waals surface area contributed by atoms with Crippen molar-refractivity contribution in [3.8, 4) is 5.69 Å². The molecule has 2 aromatic heterocycles. The lowest BCUT2D eigenvalue weighted by Crippen LogP contribution is -2.13. The number of hydrogen-bond acceptors (Lipinski definition) is 5. The average Bonchev–Trinajstić information content (AvgIpc) is 3.28. The maximum absolute atomic E-state index is 12.4. The van der Waals surface area contributed by atoms with Gasteiger partial charge in [0.15, 0.2) is 12.4 Å². The summed E-state index contributed by atoms with van der Waals surface area (Å²) < 4.78 is 7.04. The van der Waals surface area contributed by atoms with Gasteiger partial charge in [-0.3, -0.25) is 4.79 Å². The number of rotatable bonds is 5. The zero-order valence-electron chi connectivity index (χ0n) is 14.6. The third kappa shape index (κ3) is 3.39. The second-order valence-corrected chi connectivity index (χ2v) is 7.06. The van der Waals surface area contributed by atoms with Gasteiger partial charge < -0.3 is 4.74 Å². The monoisotopic (exact) mass is 376 g/mol. The fourth-order valence-corrected chi connectivity index (χ4v) is 3.88. The molecule has 0 spiro atoms. The number of aromatic nitrogens is 2. The van der Waals surface area contributed by atoms with Crippen molar-refractivity contribution in [3.63, 3.8) is 0 Å². The molecule has 2 aromatic carbocycles. The Kier molecular flexibility index (Phi) is 4.56. The summed E-state index contributed by atoms with van der Waals surface area (Å²) in [5, 5.41) is 5.46. The van der Waals surface area contributed by atoms with Crippen molar-refractivity contribution in [2.75, 3.05) is 6.61 Å². The maximum atomic E-state index is 12.4. The van der Waals surface area contributed by atoms with Crippen molar-refractivity contribution in [3.05, 3.63) is 82.9 Å². The number of esters is 1. The number of carbonyl (C=O) groups excluding carboxylic acids is 2. The van der Waals surface area contributed by atoms with Crippen molar-refractivity contribution in [2.24, 2.45) is 0 Å². The van der Waals surface area contributed by atoms with E-state index < -0.39 is 5.97 Å². The molecule has 0 radical (unpaired) electrons. The Morgan fingerprint density at radius 2 is 1.70 bits per heavy atom. The number of nitrogens with zero attached hydrogens (tertiary/aromatic N) is 2. The Hall–Kier alpha value is -3.25. The Bertz CT molecular complexity index is 1110. The van der Waals surface area contributed by atoms with E-state index in [9.17, 15) is 9.59 Å². The van der Waals surface area contributed by atoms with E-state index in [-0.39, 0.29) is 12.4 Å². The number of fused-ring (bicyclic) bond motifs is 1. The quantitative estimate of drug-likeness (QED) is 0.382. The molecule has 0 aliphatic carbocycles. The molecule has 0 amide bonds. The van der Waals surface area contributed by atoms with E-state index in [1.54, 1.807) is 30.3 Å². The van der Waals surface area contributed by atoms with Crippen molar-refractivity contribution < 1.29 is 14.3 Å². The van der Waals surface area contributed by atoms with Gasteiger partial charge in [-0.2, -0.15) is 5.10 Å². The normalized spacial score (nSPS) is 10.9. The van der Waals surface area contributed by atoms with Crippen LogP contribution in [0.4, 0.5) is 0 Å².